The van der Waals surface area contributed by atoms with Gasteiger partial charge in [0.05, 0.1) is 37.1 Å². The van der Waals surface area contributed by atoms with E-state index in [0.717, 1.165) is 16.8 Å². The average Bonchev–Trinajstić information content (AvgIpc) is 3.46. The van der Waals surface area contributed by atoms with Crippen molar-refractivity contribution in [2.75, 3.05) is 38.4 Å². The van der Waals surface area contributed by atoms with Gasteiger partial charge in [-0.1, -0.05) is 37.7 Å². The zero-order valence-corrected chi connectivity index (χ0v) is 28.3. The second-order valence-electron chi connectivity index (χ2n) is 10.2. The van der Waals surface area contributed by atoms with E-state index in [1.807, 2.05) is 32.0 Å². The predicted molar refractivity (Wildman–Crippen MR) is 177 cm³/mol. The number of thioether (sulfide) groups is 1. The van der Waals surface area contributed by atoms with E-state index in [4.69, 9.17) is 9.47 Å². The van der Waals surface area contributed by atoms with Crippen molar-refractivity contribution in [3.8, 4) is 17.2 Å². The lowest BCUT2D eigenvalue weighted by molar-refractivity contribution is -0.113. The number of nitrogens with one attached hydrogen (secondary N) is 2. The number of hydrogen-bond acceptors (Lipinski definition) is 9. The molecule has 46 heavy (non-hydrogen) atoms. The van der Waals surface area contributed by atoms with Gasteiger partial charge in [0.25, 0.3) is 5.91 Å². The lowest BCUT2D eigenvalue weighted by Crippen LogP contribution is -2.30. The monoisotopic (exact) mass is 666 g/mol. The van der Waals surface area contributed by atoms with Crippen molar-refractivity contribution in [1.29, 1.82) is 0 Å². The van der Waals surface area contributed by atoms with Gasteiger partial charge in [0.15, 0.2) is 11.0 Å². The second kappa shape index (κ2) is 15.3. The minimum Gasteiger partial charge on any atom is -0.497 e. The van der Waals surface area contributed by atoms with E-state index in [-0.39, 0.29) is 28.7 Å². The summed E-state index contributed by atoms with van der Waals surface area (Å²) in [6, 6.07) is 16.9. The molecule has 0 spiro atoms. The number of rotatable bonds is 14. The first kappa shape index (κ1) is 34.5. The van der Waals surface area contributed by atoms with Gasteiger partial charge in [-0.3, -0.25) is 14.2 Å². The second-order valence-corrected chi connectivity index (χ2v) is 13.1. The van der Waals surface area contributed by atoms with Gasteiger partial charge in [0.1, 0.15) is 11.5 Å². The van der Waals surface area contributed by atoms with Gasteiger partial charge in [0.2, 0.25) is 15.9 Å². The molecule has 0 radical (unpaired) electrons. The first-order valence-electron chi connectivity index (χ1n) is 14.6. The predicted octanol–water partition coefficient (Wildman–Crippen LogP) is 4.59. The molecule has 2 N–H and O–H groups in total. The Labute approximate surface area is 273 Å². The van der Waals surface area contributed by atoms with Crippen molar-refractivity contribution in [2.45, 2.75) is 44.3 Å². The average molecular weight is 667 g/mol. The summed E-state index contributed by atoms with van der Waals surface area (Å²) in [5.74, 6) is 0.835. The third-order valence-corrected chi connectivity index (χ3v) is 10.2. The van der Waals surface area contributed by atoms with Gasteiger partial charge in [-0.05, 0) is 67.4 Å². The number of ether oxygens (including phenoxy) is 2. The molecule has 0 aliphatic heterocycles. The fourth-order valence-corrected chi connectivity index (χ4v) is 6.88. The van der Waals surface area contributed by atoms with Crippen molar-refractivity contribution >= 4 is 39.3 Å². The van der Waals surface area contributed by atoms with Crippen LogP contribution in [0.2, 0.25) is 0 Å². The molecular weight excluding hydrogens is 629 g/mol. The van der Waals surface area contributed by atoms with E-state index in [9.17, 15) is 18.0 Å². The molecule has 244 valence electrons. The number of carbonyl (C=O) groups is 2. The largest absolute Gasteiger partial charge is 0.497 e. The van der Waals surface area contributed by atoms with Crippen LogP contribution < -0.4 is 20.1 Å². The highest BCUT2D eigenvalue weighted by Gasteiger charge is 2.23. The Morgan fingerprint density at radius 3 is 2.30 bits per heavy atom. The van der Waals surface area contributed by atoms with Crippen molar-refractivity contribution < 1.29 is 27.5 Å². The number of sulfonamides is 1. The normalized spacial score (nSPS) is 11.4. The topological polar surface area (TPSA) is 145 Å². The quantitative estimate of drug-likeness (QED) is 0.185. The molecule has 0 atom stereocenters. The van der Waals surface area contributed by atoms with E-state index in [2.05, 4.69) is 20.8 Å². The maximum Gasteiger partial charge on any atom is 0.251 e. The van der Waals surface area contributed by atoms with Crippen LogP contribution in [0.1, 0.15) is 41.2 Å². The summed E-state index contributed by atoms with van der Waals surface area (Å²) in [6.07, 6.45) is 0. The Kier molecular flexibility index (Phi) is 11.4. The van der Waals surface area contributed by atoms with Crippen LogP contribution in [-0.2, 0) is 21.4 Å². The molecule has 0 aliphatic carbocycles. The Hall–Kier alpha value is -4.40. The zero-order chi connectivity index (χ0) is 33.4. The van der Waals surface area contributed by atoms with Gasteiger partial charge in [-0.25, -0.2) is 8.42 Å². The first-order chi connectivity index (χ1) is 22.0. The maximum absolute atomic E-state index is 13.1. The molecule has 3 aromatic carbocycles. The van der Waals surface area contributed by atoms with Crippen LogP contribution in [0.4, 0.5) is 5.69 Å². The standard InChI is InChI=1S/C32H38N6O6S2/c1-7-37(8-2)46(41,42)25-14-11-23(12-15-25)31(40)33-19-29-35-36-32(38(29)27-18-24(43-5)13-16-28(27)44-6)45-20-30(39)34-26-17-21(3)9-10-22(26)4/h9-18H,7-8,19-20H2,1-6H3,(H,33,40)(H,34,39). The number of amides is 2. The molecule has 1 heterocycles. The van der Waals surface area contributed by atoms with Gasteiger partial charge < -0.3 is 20.1 Å². The number of methoxy groups -OCH3 is 2. The van der Waals surface area contributed by atoms with Crippen LogP contribution in [-0.4, -0.2) is 72.4 Å². The molecule has 0 saturated heterocycles. The number of benzene rings is 3. The Bertz CT molecular complexity index is 1800. The van der Waals surface area contributed by atoms with Crippen molar-refractivity contribution in [1.82, 2.24) is 24.4 Å². The van der Waals surface area contributed by atoms with Gasteiger partial charge in [-0.2, -0.15) is 4.31 Å². The van der Waals surface area contributed by atoms with Crippen molar-refractivity contribution in [3.05, 3.63) is 83.2 Å². The molecule has 4 rings (SSSR count). The fourth-order valence-electron chi connectivity index (χ4n) is 4.66. The minimum absolute atomic E-state index is 0.0268. The lowest BCUT2D eigenvalue weighted by atomic mass is 10.1. The zero-order valence-electron chi connectivity index (χ0n) is 26.7. The molecule has 0 saturated carbocycles. The van der Waals surface area contributed by atoms with Crippen LogP contribution in [0, 0.1) is 13.8 Å². The highest BCUT2D eigenvalue weighted by atomic mass is 32.2. The van der Waals surface area contributed by atoms with Gasteiger partial charge in [-0.15, -0.1) is 10.2 Å². The molecule has 1 aromatic heterocycles. The molecule has 2 amide bonds. The summed E-state index contributed by atoms with van der Waals surface area (Å²) >= 11 is 1.18. The highest BCUT2D eigenvalue weighted by Crippen LogP contribution is 2.32. The van der Waals surface area contributed by atoms with E-state index in [1.165, 1.54) is 47.4 Å². The molecule has 0 fully saturated rings. The van der Waals surface area contributed by atoms with E-state index in [0.29, 0.717) is 41.3 Å². The molecule has 0 unspecified atom stereocenters. The molecule has 12 nitrogen and oxygen atoms in total. The summed E-state index contributed by atoms with van der Waals surface area (Å²) < 4.78 is 39.8. The molecule has 0 aliphatic rings. The highest BCUT2D eigenvalue weighted by molar-refractivity contribution is 7.99. The Balaban J connectivity index is 1.57. The van der Waals surface area contributed by atoms with Crippen molar-refractivity contribution in [3.63, 3.8) is 0 Å². The van der Waals surface area contributed by atoms with Crippen LogP contribution in [0.5, 0.6) is 11.5 Å². The number of nitrogens with zero attached hydrogens (tertiary/aromatic N) is 4. The summed E-state index contributed by atoms with van der Waals surface area (Å²) in [4.78, 5) is 26.1. The van der Waals surface area contributed by atoms with Crippen LogP contribution >= 0.6 is 11.8 Å². The Morgan fingerprint density at radius 1 is 0.935 bits per heavy atom. The first-order valence-corrected chi connectivity index (χ1v) is 17.0. The SMILES string of the molecule is CCN(CC)S(=O)(=O)c1ccc(C(=O)NCc2nnc(SCC(=O)Nc3cc(C)ccc3C)n2-c2cc(OC)ccc2OC)cc1. The summed E-state index contributed by atoms with van der Waals surface area (Å²) in [5.41, 5.74) is 3.56. The van der Waals surface area contributed by atoms with Crippen LogP contribution in [0.15, 0.2) is 70.7 Å². The Morgan fingerprint density at radius 2 is 1.65 bits per heavy atom. The third-order valence-electron chi connectivity index (χ3n) is 7.19. The minimum atomic E-state index is -3.65. The molecule has 0 bridgehead atoms. The van der Waals surface area contributed by atoms with E-state index in [1.54, 1.807) is 43.7 Å². The number of aromatic nitrogens is 3. The molecule has 14 heteroatoms. The summed E-state index contributed by atoms with van der Waals surface area (Å²) in [6.45, 7) is 8.09. The number of aryl methyl sites for hydroxylation is 2. The maximum atomic E-state index is 13.1. The number of hydrogen-bond donors (Lipinski definition) is 2. The molecular formula is C32H38N6O6S2. The molecule has 4 aromatic rings. The smallest absolute Gasteiger partial charge is 0.251 e. The lowest BCUT2D eigenvalue weighted by Gasteiger charge is -2.18. The fraction of sp³-hybridized carbons (Fsp3) is 0.312. The van der Waals surface area contributed by atoms with E-state index >= 15 is 0 Å². The summed E-state index contributed by atoms with van der Waals surface area (Å²) in [7, 11) is -0.572. The van der Waals surface area contributed by atoms with E-state index < -0.39 is 15.9 Å². The van der Waals surface area contributed by atoms with Crippen molar-refractivity contribution in [2.24, 2.45) is 0 Å². The third kappa shape index (κ3) is 7.87. The van der Waals surface area contributed by atoms with Gasteiger partial charge in [0, 0.05) is 30.4 Å². The van der Waals surface area contributed by atoms with Gasteiger partial charge >= 0.3 is 0 Å². The van der Waals surface area contributed by atoms with Crippen LogP contribution in [0.3, 0.4) is 0 Å². The van der Waals surface area contributed by atoms with Crippen LogP contribution in [0.25, 0.3) is 5.69 Å². The number of anilines is 1. The number of carbonyl (C=O) groups excluding carboxylic acids is 2. The summed E-state index contributed by atoms with van der Waals surface area (Å²) in [5, 5.41) is 14.8.